The fourth-order valence-corrected chi connectivity index (χ4v) is 2.20. The first-order valence-electron chi connectivity index (χ1n) is 5.15. The van der Waals surface area contributed by atoms with Crippen LogP contribution >= 0.6 is 11.3 Å². The molecule has 0 aliphatic rings. The van der Waals surface area contributed by atoms with Crippen molar-refractivity contribution < 1.29 is 4.74 Å². The zero-order valence-electron chi connectivity index (χ0n) is 8.95. The molecule has 0 aromatic carbocycles. The van der Waals surface area contributed by atoms with Gasteiger partial charge >= 0.3 is 0 Å². The Hall–Kier alpha value is -0.380. The van der Waals surface area contributed by atoms with E-state index in [-0.39, 0.29) is 0 Å². The summed E-state index contributed by atoms with van der Waals surface area (Å²) in [7, 11) is 2.02. The second-order valence-electron chi connectivity index (χ2n) is 3.24. The van der Waals surface area contributed by atoms with Crippen molar-refractivity contribution >= 4 is 11.3 Å². The maximum atomic E-state index is 5.32. The zero-order valence-corrected chi connectivity index (χ0v) is 9.77. The summed E-state index contributed by atoms with van der Waals surface area (Å²) in [4.78, 5) is 0. The van der Waals surface area contributed by atoms with Crippen molar-refractivity contribution in [2.24, 2.45) is 0 Å². The molecule has 1 aromatic rings. The fraction of sp³-hybridized carbons (Fsp3) is 0.636. The van der Waals surface area contributed by atoms with Gasteiger partial charge in [0.05, 0.1) is 0 Å². The van der Waals surface area contributed by atoms with Crippen molar-refractivity contribution in [3.05, 3.63) is 22.4 Å². The van der Waals surface area contributed by atoms with Gasteiger partial charge in [-0.25, -0.2) is 0 Å². The smallest absolute Gasteiger partial charge is 0.0466 e. The second-order valence-corrected chi connectivity index (χ2v) is 4.02. The Bertz CT molecular complexity index is 223. The lowest BCUT2D eigenvalue weighted by Crippen LogP contribution is -2.16. The Morgan fingerprint density at radius 3 is 3.00 bits per heavy atom. The van der Waals surface area contributed by atoms with Crippen LogP contribution in [-0.4, -0.2) is 20.3 Å². The quantitative estimate of drug-likeness (QED) is 0.703. The Morgan fingerprint density at radius 2 is 2.43 bits per heavy atom. The molecule has 0 radical (unpaired) electrons. The molecule has 2 nitrogen and oxygen atoms in total. The zero-order chi connectivity index (χ0) is 10.2. The van der Waals surface area contributed by atoms with Crippen LogP contribution in [0.3, 0.4) is 0 Å². The summed E-state index contributed by atoms with van der Waals surface area (Å²) in [6.07, 6.45) is 2.27. The Labute approximate surface area is 90.3 Å². The molecule has 3 heteroatoms. The summed E-state index contributed by atoms with van der Waals surface area (Å²) < 4.78 is 5.32. The van der Waals surface area contributed by atoms with Crippen LogP contribution in [0.4, 0.5) is 0 Å². The van der Waals surface area contributed by atoms with Crippen molar-refractivity contribution in [2.45, 2.75) is 25.8 Å². The van der Waals surface area contributed by atoms with E-state index < -0.39 is 0 Å². The predicted molar refractivity (Wildman–Crippen MR) is 61.8 cm³/mol. The van der Waals surface area contributed by atoms with E-state index in [9.17, 15) is 0 Å². The van der Waals surface area contributed by atoms with Crippen molar-refractivity contribution in [3.63, 3.8) is 0 Å². The van der Waals surface area contributed by atoms with Crippen LogP contribution in [-0.2, 0) is 4.74 Å². The van der Waals surface area contributed by atoms with Crippen LogP contribution in [0.1, 0.15) is 31.4 Å². The highest BCUT2D eigenvalue weighted by Gasteiger charge is 2.08. The molecule has 1 heterocycles. The average Bonchev–Trinajstić information content (AvgIpc) is 2.71. The molecule has 1 N–H and O–H groups in total. The largest absolute Gasteiger partial charge is 0.382 e. The third-order valence-corrected chi connectivity index (χ3v) is 2.98. The average molecular weight is 213 g/mol. The van der Waals surface area contributed by atoms with Gasteiger partial charge in [-0.05, 0) is 49.2 Å². The lowest BCUT2D eigenvalue weighted by atomic mass is 10.1. The number of ether oxygens (including phenoxy) is 1. The Morgan fingerprint density at radius 1 is 1.57 bits per heavy atom. The summed E-state index contributed by atoms with van der Waals surface area (Å²) in [6.45, 7) is 3.73. The van der Waals surface area contributed by atoms with E-state index in [4.69, 9.17) is 4.74 Å². The monoisotopic (exact) mass is 213 g/mol. The van der Waals surface area contributed by atoms with E-state index in [1.54, 1.807) is 11.3 Å². The first kappa shape index (κ1) is 11.7. The van der Waals surface area contributed by atoms with Gasteiger partial charge in [0.15, 0.2) is 0 Å². The number of hydrogen-bond donors (Lipinski definition) is 1. The van der Waals surface area contributed by atoms with Gasteiger partial charge in [0, 0.05) is 19.3 Å². The van der Waals surface area contributed by atoms with E-state index >= 15 is 0 Å². The van der Waals surface area contributed by atoms with Gasteiger partial charge < -0.3 is 10.1 Å². The van der Waals surface area contributed by atoms with Gasteiger partial charge in [-0.1, -0.05) is 0 Å². The highest BCUT2D eigenvalue weighted by atomic mass is 32.1. The van der Waals surface area contributed by atoms with Gasteiger partial charge in [-0.15, -0.1) is 0 Å². The Balaban J connectivity index is 2.26. The normalized spacial score (nSPS) is 13.0. The maximum Gasteiger partial charge on any atom is 0.0466 e. The molecule has 0 fully saturated rings. The van der Waals surface area contributed by atoms with Crippen LogP contribution in [0.25, 0.3) is 0 Å². The third kappa shape index (κ3) is 3.78. The molecular formula is C11H19NOS. The van der Waals surface area contributed by atoms with Crippen molar-refractivity contribution in [1.29, 1.82) is 0 Å². The maximum absolute atomic E-state index is 5.32. The first-order valence-corrected chi connectivity index (χ1v) is 6.09. The summed E-state index contributed by atoms with van der Waals surface area (Å²) in [5, 5.41) is 7.67. The molecule has 1 unspecified atom stereocenters. The summed E-state index contributed by atoms with van der Waals surface area (Å²) in [5.74, 6) is 0. The third-order valence-electron chi connectivity index (χ3n) is 2.28. The van der Waals surface area contributed by atoms with Gasteiger partial charge in [-0.3, -0.25) is 0 Å². The van der Waals surface area contributed by atoms with Crippen LogP contribution in [0, 0.1) is 0 Å². The van der Waals surface area contributed by atoms with Gasteiger partial charge in [-0.2, -0.15) is 11.3 Å². The van der Waals surface area contributed by atoms with Gasteiger partial charge in [0.1, 0.15) is 0 Å². The number of rotatable bonds is 7. The molecule has 0 aliphatic heterocycles. The number of hydrogen-bond acceptors (Lipinski definition) is 3. The van der Waals surface area contributed by atoms with Crippen LogP contribution < -0.4 is 5.32 Å². The SMILES string of the molecule is CCOCCCC(NC)c1ccsc1. The number of nitrogens with one attached hydrogen (secondary N) is 1. The minimum atomic E-state index is 0.488. The molecule has 0 saturated carbocycles. The van der Waals surface area contributed by atoms with Crippen molar-refractivity contribution in [2.75, 3.05) is 20.3 Å². The summed E-state index contributed by atoms with van der Waals surface area (Å²) in [5.41, 5.74) is 1.40. The Kier molecular flexibility index (Phi) is 5.83. The van der Waals surface area contributed by atoms with Crippen LogP contribution in [0.5, 0.6) is 0 Å². The molecule has 0 bridgehead atoms. The molecule has 1 atom stereocenters. The first-order chi connectivity index (χ1) is 6.88. The highest BCUT2D eigenvalue weighted by molar-refractivity contribution is 7.07. The van der Waals surface area contributed by atoms with E-state index in [0.717, 1.165) is 26.1 Å². The van der Waals surface area contributed by atoms with Crippen LogP contribution in [0.2, 0.25) is 0 Å². The lowest BCUT2D eigenvalue weighted by Gasteiger charge is -2.14. The van der Waals surface area contributed by atoms with E-state index in [2.05, 4.69) is 22.1 Å². The summed E-state index contributed by atoms with van der Waals surface area (Å²) in [6, 6.07) is 2.67. The topological polar surface area (TPSA) is 21.3 Å². The highest BCUT2D eigenvalue weighted by Crippen LogP contribution is 2.20. The standard InChI is InChI=1S/C11H19NOS/c1-3-13-7-4-5-11(12-2)10-6-8-14-9-10/h6,8-9,11-12H,3-5,7H2,1-2H3. The predicted octanol–water partition coefficient (Wildman–Crippen LogP) is 2.83. The lowest BCUT2D eigenvalue weighted by molar-refractivity contribution is 0.141. The molecule has 0 amide bonds. The molecule has 0 aliphatic carbocycles. The summed E-state index contributed by atoms with van der Waals surface area (Å²) >= 11 is 1.76. The molecule has 1 rings (SSSR count). The van der Waals surface area contributed by atoms with E-state index in [0.29, 0.717) is 6.04 Å². The molecule has 1 aromatic heterocycles. The second kappa shape index (κ2) is 6.98. The molecule has 80 valence electrons. The molecule has 0 saturated heterocycles. The van der Waals surface area contributed by atoms with Gasteiger partial charge in [0.25, 0.3) is 0 Å². The van der Waals surface area contributed by atoms with Gasteiger partial charge in [0.2, 0.25) is 0 Å². The van der Waals surface area contributed by atoms with E-state index in [1.807, 2.05) is 14.0 Å². The minimum absolute atomic E-state index is 0.488. The van der Waals surface area contributed by atoms with Crippen molar-refractivity contribution in [3.8, 4) is 0 Å². The molecular weight excluding hydrogens is 194 g/mol. The molecule has 14 heavy (non-hydrogen) atoms. The van der Waals surface area contributed by atoms with Crippen molar-refractivity contribution in [1.82, 2.24) is 5.32 Å². The van der Waals surface area contributed by atoms with E-state index in [1.165, 1.54) is 5.56 Å². The van der Waals surface area contributed by atoms with Crippen LogP contribution in [0.15, 0.2) is 16.8 Å². The fourth-order valence-electron chi connectivity index (χ4n) is 1.48. The minimum Gasteiger partial charge on any atom is -0.382 e. The molecule has 0 spiro atoms. The number of thiophene rings is 1.